The zero-order chi connectivity index (χ0) is 18.6. The van der Waals surface area contributed by atoms with Gasteiger partial charge in [0.1, 0.15) is 0 Å². The number of nitrogens with zero attached hydrogens (tertiary/aromatic N) is 3. The van der Waals surface area contributed by atoms with E-state index < -0.39 is 0 Å². The van der Waals surface area contributed by atoms with Gasteiger partial charge in [0.05, 0.1) is 6.20 Å². The summed E-state index contributed by atoms with van der Waals surface area (Å²) in [4.78, 5) is 16.4. The van der Waals surface area contributed by atoms with E-state index in [0.717, 1.165) is 27.6 Å². The lowest BCUT2D eigenvalue weighted by atomic mass is 10.1. The number of benzene rings is 2. The lowest BCUT2D eigenvalue weighted by Gasteiger charge is -2.08. The van der Waals surface area contributed by atoms with Gasteiger partial charge in [-0.15, -0.1) is 5.10 Å². The minimum atomic E-state index is -0.192. The summed E-state index contributed by atoms with van der Waals surface area (Å²) in [5.41, 5.74) is 4.10. The molecule has 0 saturated carbocycles. The topological polar surface area (TPSA) is 47.8 Å². The molecule has 134 valence electrons. The van der Waals surface area contributed by atoms with Crippen LogP contribution >= 0.6 is 27.3 Å². The summed E-state index contributed by atoms with van der Waals surface area (Å²) in [6, 6.07) is 18.2. The minimum Gasteiger partial charge on any atom is -0.266 e. The number of thiophene rings is 1. The number of aromatic nitrogens is 3. The molecular weight excluding hydrogens is 422 g/mol. The maximum Gasteiger partial charge on any atom is 0.285 e. The molecule has 0 spiro atoms. The van der Waals surface area contributed by atoms with Crippen molar-refractivity contribution in [3.8, 4) is 22.5 Å². The summed E-state index contributed by atoms with van der Waals surface area (Å²) in [6.07, 6.45) is 2.09. The van der Waals surface area contributed by atoms with Crippen molar-refractivity contribution in [1.29, 1.82) is 0 Å². The Bertz CT molecular complexity index is 1110. The highest BCUT2D eigenvalue weighted by atomic mass is 79.9. The van der Waals surface area contributed by atoms with Gasteiger partial charge in [-0.3, -0.25) is 4.79 Å². The Morgan fingerprint density at radius 1 is 1.00 bits per heavy atom. The molecule has 0 saturated heterocycles. The van der Waals surface area contributed by atoms with Crippen molar-refractivity contribution >= 4 is 27.3 Å². The first-order valence-electron chi connectivity index (χ1n) is 8.51. The van der Waals surface area contributed by atoms with Crippen LogP contribution in [0.15, 0.2) is 80.8 Å². The van der Waals surface area contributed by atoms with Crippen LogP contribution < -0.4 is 5.56 Å². The molecular formula is C21H16BrN3OS. The van der Waals surface area contributed by atoms with E-state index in [1.54, 1.807) is 11.3 Å². The molecule has 0 aliphatic rings. The van der Waals surface area contributed by atoms with Crippen molar-refractivity contribution in [2.45, 2.75) is 13.0 Å². The fourth-order valence-corrected chi connectivity index (χ4v) is 4.02. The van der Waals surface area contributed by atoms with Crippen LogP contribution in [-0.4, -0.2) is 14.8 Å². The Labute approximate surface area is 169 Å². The lowest BCUT2D eigenvalue weighted by molar-refractivity contribution is 0.572. The summed E-state index contributed by atoms with van der Waals surface area (Å²) in [5.74, 6) is 0.542. The number of rotatable bonds is 5. The van der Waals surface area contributed by atoms with Crippen LogP contribution in [-0.2, 0) is 13.0 Å². The maximum atomic E-state index is 12.2. The van der Waals surface area contributed by atoms with Crippen LogP contribution in [0.4, 0.5) is 0 Å². The second-order valence-electron chi connectivity index (χ2n) is 6.12. The van der Waals surface area contributed by atoms with Crippen molar-refractivity contribution in [1.82, 2.24) is 14.8 Å². The molecule has 0 unspecified atom stereocenters. The standard InChI is InChI=1S/C21H16BrN3OS/c22-19-11-17(16-7-9-27-14-16)10-18(12-19)21-23-13-20(26)25(24-21)8-6-15-4-2-1-3-5-15/h1-5,7,9-14H,6,8H2. The molecule has 6 heteroatoms. The highest BCUT2D eigenvalue weighted by molar-refractivity contribution is 9.10. The Balaban J connectivity index is 1.65. The molecule has 0 N–H and O–H groups in total. The maximum absolute atomic E-state index is 12.2. The second-order valence-corrected chi connectivity index (χ2v) is 7.82. The molecule has 27 heavy (non-hydrogen) atoms. The van der Waals surface area contributed by atoms with Crippen molar-refractivity contribution in [2.24, 2.45) is 0 Å². The molecule has 0 radical (unpaired) electrons. The molecule has 0 aliphatic carbocycles. The summed E-state index contributed by atoms with van der Waals surface area (Å²) in [7, 11) is 0. The molecule has 0 atom stereocenters. The smallest absolute Gasteiger partial charge is 0.266 e. The summed E-state index contributed by atoms with van der Waals surface area (Å²) < 4.78 is 2.44. The van der Waals surface area contributed by atoms with Crippen LogP contribution in [0.25, 0.3) is 22.5 Å². The third-order valence-corrected chi connectivity index (χ3v) is 5.37. The molecule has 0 bridgehead atoms. The zero-order valence-electron chi connectivity index (χ0n) is 14.4. The third kappa shape index (κ3) is 4.23. The van der Waals surface area contributed by atoms with Crippen LogP contribution in [0.2, 0.25) is 0 Å². The molecule has 4 nitrogen and oxygen atoms in total. The van der Waals surface area contributed by atoms with E-state index in [2.05, 4.69) is 61.0 Å². The van der Waals surface area contributed by atoms with Crippen molar-refractivity contribution in [2.75, 3.05) is 0 Å². The van der Waals surface area contributed by atoms with Gasteiger partial charge in [-0.05, 0) is 58.1 Å². The van der Waals surface area contributed by atoms with Crippen LogP contribution in [0.1, 0.15) is 5.56 Å². The van der Waals surface area contributed by atoms with Gasteiger partial charge in [0.25, 0.3) is 5.56 Å². The minimum absolute atomic E-state index is 0.192. The van der Waals surface area contributed by atoms with Gasteiger partial charge >= 0.3 is 0 Å². The normalized spacial score (nSPS) is 10.9. The molecule has 0 fully saturated rings. The van der Waals surface area contributed by atoms with Gasteiger partial charge in [0.15, 0.2) is 5.82 Å². The van der Waals surface area contributed by atoms with Crippen LogP contribution in [0.5, 0.6) is 0 Å². The molecule has 2 heterocycles. The predicted octanol–water partition coefficient (Wildman–Crippen LogP) is 5.04. The predicted molar refractivity (Wildman–Crippen MR) is 113 cm³/mol. The third-order valence-electron chi connectivity index (χ3n) is 4.23. The molecule has 2 aromatic carbocycles. The zero-order valence-corrected chi connectivity index (χ0v) is 16.8. The molecule has 4 rings (SSSR count). The van der Waals surface area contributed by atoms with Gasteiger partial charge in [-0.25, -0.2) is 9.67 Å². The van der Waals surface area contributed by atoms with Crippen LogP contribution in [0, 0.1) is 0 Å². The van der Waals surface area contributed by atoms with E-state index in [1.165, 1.54) is 16.4 Å². The van der Waals surface area contributed by atoms with E-state index in [1.807, 2.05) is 30.3 Å². The molecule has 2 aromatic heterocycles. The van der Waals surface area contributed by atoms with Gasteiger partial charge in [-0.2, -0.15) is 11.3 Å². The van der Waals surface area contributed by atoms with Crippen molar-refractivity contribution < 1.29 is 0 Å². The second kappa shape index (κ2) is 7.98. The van der Waals surface area contributed by atoms with Gasteiger partial charge in [0, 0.05) is 16.6 Å². The first-order valence-corrected chi connectivity index (χ1v) is 10.2. The highest BCUT2D eigenvalue weighted by Crippen LogP contribution is 2.29. The fourth-order valence-electron chi connectivity index (χ4n) is 2.86. The Hall–Kier alpha value is -2.57. The number of halogens is 1. The van der Waals surface area contributed by atoms with E-state index in [4.69, 9.17) is 0 Å². The summed E-state index contributed by atoms with van der Waals surface area (Å²) in [5, 5.41) is 8.65. The van der Waals surface area contributed by atoms with Gasteiger partial charge < -0.3 is 0 Å². The van der Waals surface area contributed by atoms with E-state index in [9.17, 15) is 4.79 Å². The summed E-state index contributed by atoms with van der Waals surface area (Å²) >= 11 is 5.23. The van der Waals surface area contributed by atoms with E-state index in [-0.39, 0.29) is 5.56 Å². The highest BCUT2D eigenvalue weighted by Gasteiger charge is 2.09. The Morgan fingerprint density at radius 2 is 1.81 bits per heavy atom. The average Bonchev–Trinajstić information content (AvgIpc) is 3.22. The summed E-state index contributed by atoms with van der Waals surface area (Å²) in [6.45, 7) is 0.518. The lowest BCUT2D eigenvalue weighted by Crippen LogP contribution is -2.24. The van der Waals surface area contributed by atoms with Crippen molar-refractivity contribution in [3.05, 3.63) is 91.9 Å². The first-order chi connectivity index (χ1) is 13.2. The number of hydrogen-bond donors (Lipinski definition) is 0. The number of aryl methyl sites for hydroxylation is 2. The Kier molecular flexibility index (Phi) is 5.27. The largest absolute Gasteiger partial charge is 0.285 e. The first kappa shape index (κ1) is 17.8. The van der Waals surface area contributed by atoms with Gasteiger partial charge in [0.2, 0.25) is 0 Å². The van der Waals surface area contributed by atoms with Crippen LogP contribution in [0.3, 0.4) is 0 Å². The quantitative estimate of drug-likeness (QED) is 0.439. The average molecular weight is 438 g/mol. The van der Waals surface area contributed by atoms with E-state index in [0.29, 0.717) is 12.4 Å². The monoisotopic (exact) mass is 437 g/mol. The molecule has 0 aliphatic heterocycles. The number of hydrogen-bond acceptors (Lipinski definition) is 4. The van der Waals surface area contributed by atoms with Gasteiger partial charge in [-0.1, -0.05) is 46.3 Å². The SMILES string of the molecule is O=c1cnc(-c2cc(Br)cc(-c3ccsc3)c2)nn1CCc1ccccc1. The van der Waals surface area contributed by atoms with E-state index >= 15 is 0 Å². The fraction of sp³-hybridized carbons (Fsp3) is 0.0952. The van der Waals surface area contributed by atoms with Crippen molar-refractivity contribution in [3.63, 3.8) is 0 Å². The Morgan fingerprint density at radius 3 is 2.59 bits per heavy atom. The molecule has 4 aromatic rings. The molecule has 0 amide bonds.